The van der Waals surface area contributed by atoms with Gasteiger partial charge in [-0.05, 0) is 147 Å². The van der Waals surface area contributed by atoms with E-state index in [1.807, 2.05) is 18.2 Å². The van der Waals surface area contributed by atoms with Crippen molar-refractivity contribution in [2.45, 2.75) is 128 Å². The van der Waals surface area contributed by atoms with Crippen LogP contribution in [0.1, 0.15) is 137 Å². The van der Waals surface area contributed by atoms with Gasteiger partial charge in [0.2, 0.25) is 0 Å². The number of alkyl halides is 1. The average Bonchev–Trinajstić information content (AvgIpc) is 3.57. The van der Waals surface area contributed by atoms with Crippen molar-refractivity contribution >= 4 is 35.1 Å². The summed E-state index contributed by atoms with van der Waals surface area (Å²) in [4.78, 5) is 47.3. The summed E-state index contributed by atoms with van der Waals surface area (Å²) in [6.45, 7) is 4.39. The highest BCUT2D eigenvalue weighted by Crippen LogP contribution is 2.61. The molecule has 4 saturated carbocycles. The van der Waals surface area contributed by atoms with Crippen LogP contribution in [0.5, 0.6) is 11.5 Å². The van der Waals surface area contributed by atoms with Crippen LogP contribution in [0.4, 0.5) is 0 Å². The Bertz CT molecular complexity index is 1700. The molecule has 2 aromatic rings. The van der Waals surface area contributed by atoms with Gasteiger partial charge in [-0.1, -0.05) is 26.0 Å². The number of aliphatic carboxylic acids is 1. The second-order valence-corrected chi connectivity index (χ2v) is 16.8. The number of fused-ring (bicyclic) bond motifs is 10. The van der Waals surface area contributed by atoms with Crippen LogP contribution in [0.15, 0.2) is 30.3 Å². The van der Waals surface area contributed by atoms with E-state index in [2.05, 4.69) is 26.0 Å². The highest BCUT2D eigenvalue weighted by molar-refractivity contribution is 6.17. The van der Waals surface area contributed by atoms with Crippen LogP contribution < -0.4 is 4.74 Å². The molecular formula is C42H51ClO7. The summed E-state index contributed by atoms with van der Waals surface area (Å²) in [5, 5.41) is 18.7. The normalized spacial score (nSPS) is 33.4. The lowest BCUT2D eigenvalue weighted by Gasteiger charge is -2.48. The van der Waals surface area contributed by atoms with Gasteiger partial charge in [0.05, 0.1) is 5.88 Å². The fraction of sp³-hybridized carbons (Fsp3) is 0.619. The van der Waals surface area contributed by atoms with Gasteiger partial charge in [0.1, 0.15) is 23.1 Å². The molecule has 6 aliphatic carbocycles. The smallest absolute Gasteiger partial charge is 0.311 e. The number of carboxylic acids is 1. The molecule has 6 aliphatic rings. The molecule has 50 heavy (non-hydrogen) atoms. The van der Waals surface area contributed by atoms with E-state index < -0.39 is 5.97 Å². The predicted octanol–water partition coefficient (Wildman–Crippen LogP) is 8.83. The maximum absolute atomic E-state index is 12.4. The molecule has 8 heteroatoms. The molecule has 8 atom stereocenters. The molecule has 0 saturated heterocycles. The van der Waals surface area contributed by atoms with E-state index >= 15 is 0 Å². The van der Waals surface area contributed by atoms with Gasteiger partial charge in [-0.2, -0.15) is 0 Å². The first-order valence-electron chi connectivity index (χ1n) is 19.0. The van der Waals surface area contributed by atoms with Crippen LogP contribution in [-0.2, 0) is 37.9 Å². The van der Waals surface area contributed by atoms with Crippen molar-refractivity contribution in [2.24, 2.45) is 34.5 Å². The number of aryl methyl sites for hydroxylation is 2. The second kappa shape index (κ2) is 13.7. The van der Waals surface area contributed by atoms with E-state index in [1.165, 1.54) is 22.3 Å². The zero-order valence-corrected chi connectivity index (χ0v) is 30.2. The standard InChI is InChI=1S/C23H28O5.C19H23ClO2/c1-23-12-11-17-16-8-6-15(28-22(27)4-2-3-21(25)26)13-14(16)5-7-18(17)19(23)9-10-20(23)24;1-19-7-6-13-14(16(19)4-5-18(19)22)3-2-11-9-17(21)12(10-20)8-15(11)13/h6,8,13,17-19H,2-5,7,9-12H2,1H3,(H,25,26);8-9,13-14,16,21H,2-7,10H2,1H3/t17?,18?,19?,23-;13-,14+,16-,19-/m00/s1. The predicted molar refractivity (Wildman–Crippen MR) is 190 cm³/mol. The molecule has 0 amide bonds. The molecule has 7 nitrogen and oxygen atoms in total. The van der Waals surface area contributed by atoms with E-state index in [4.69, 9.17) is 21.4 Å². The van der Waals surface area contributed by atoms with Gasteiger partial charge < -0.3 is 14.9 Å². The molecule has 0 bridgehead atoms. The number of halogens is 1. The van der Waals surface area contributed by atoms with Gasteiger partial charge in [0, 0.05) is 42.1 Å². The van der Waals surface area contributed by atoms with E-state index in [0.29, 0.717) is 70.9 Å². The first-order chi connectivity index (χ1) is 23.9. The number of rotatable bonds is 6. The number of phenols is 1. The Hall–Kier alpha value is -3.19. The number of esters is 1. The van der Waals surface area contributed by atoms with Crippen molar-refractivity contribution in [3.05, 3.63) is 58.1 Å². The second-order valence-electron chi connectivity index (χ2n) is 16.6. The van der Waals surface area contributed by atoms with Crippen molar-refractivity contribution in [1.82, 2.24) is 0 Å². The van der Waals surface area contributed by atoms with Gasteiger partial charge >= 0.3 is 11.9 Å². The number of phenolic OH excluding ortho intramolecular Hbond substituents is 1. The SMILES string of the molecule is C[C@]12CCC3c4ccc(OC(=O)CCCC(=O)O)cc4CCC3C1CCC2=O.C[C@]12CC[C@@H]3c4cc(CCl)c(O)cc4CC[C@H]3[C@@H]1CCC2=O. The van der Waals surface area contributed by atoms with Crippen LogP contribution in [0.2, 0.25) is 0 Å². The first-order valence-corrected chi connectivity index (χ1v) is 19.5. The summed E-state index contributed by atoms with van der Waals surface area (Å²) in [6, 6.07) is 10.0. The number of carbonyl (C=O) groups excluding carboxylic acids is 3. The molecule has 268 valence electrons. The molecule has 0 spiro atoms. The Balaban J connectivity index is 0.000000161. The average molecular weight is 703 g/mol. The number of carbonyl (C=O) groups is 4. The maximum Gasteiger partial charge on any atom is 0.311 e. The number of ether oxygens (including phenoxy) is 1. The van der Waals surface area contributed by atoms with Crippen molar-refractivity contribution in [3.63, 3.8) is 0 Å². The largest absolute Gasteiger partial charge is 0.508 e. The molecule has 2 N–H and O–H groups in total. The lowest BCUT2D eigenvalue weighted by Crippen LogP contribution is -2.42. The van der Waals surface area contributed by atoms with E-state index in [9.17, 15) is 24.3 Å². The van der Waals surface area contributed by atoms with Crippen LogP contribution in [-0.4, -0.2) is 33.7 Å². The number of benzene rings is 2. The summed E-state index contributed by atoms with van der Waals surface area (Å²) in [5.74, 6) is 4.26. The third kappa shape index (κ3) is 6.20. The van der Waals surface area contributed by atoms with Gasteiger partial charge in [-0.25, -0.2) is 0 Å². The maximum atomic E-state index is 12.4. The number of ketones is 2. The summed E-state index contributed by atoms with van der Waals surface area (Å²) in [6.07, 6.45) is 12.4. The van der Waals surface area contributed by atoms with Gasteiger partial charge in [0.15, 0.2) is 0 Å². The fourth-order valence-corrected chi connectivity index (χ4v) is 11.7. The lowest BCUT2D eigenvalue weighted by atomic mass is 9.55. The minimum absolute atomic E-state index is 0.0229. The van der Waals surface area contributed by atoms with Crippen molar-refractivity contribution < 1.29 is 34.1 Å². The molecule has 0 aromatic heterocycles. The Morgan fingerprint density at radius 1 is 0.780 bits per heavy atom. The number of carboxylic acid groups (broad SMARTS) is 1. The van der Waals surface area contributed by atoms with E-state index in [1.54, 1.807) is 0 Å². The Labute approximate surface area is 300 Å². The molecule has 8 rings (SSSR count). The zero-order valence-electron chi connectivity index (χ0n) is 29.5. The fourth-order valence-electron chi connectivity index (χ4n) is 11.5. The Morgan fingerprint density at radius 3 is 1.94 bits per heavy atom. The molecule has 0 heterocycles. The minimum Gasteiger partial charge on any atom is -0.508 e. The number of Topliss-reactive ketones (excluding diaryl/α,β-unsaturated/α-hetero) is 2. The third-order valence-corrected chi connectivity index (χ3v) is 14.5. The minimum atomic E-state index is -0.899. The molecule has 2 aromatic carbocycles. The first kappa shape index (κ1) is 35.2. The van der Waals surface area contributed by atoms with Crippen molar-refractivity contribution in [2.75, 3.05) is 0 Å². The third-order valence-electron chi connectivity index (χ3n) is 14.2. The van der Waals surface area contributed by atoms with Crippen molar-refractivity contribution in [3.8, 4) is 11.5 Å². The Morgan fingerprint density at radius 2 is 1.36 bits per heavy atom. The van der Waals surface area contributed by atoms with Crippen LogP contribution >= 0.6 is 11.6 Å². The Kier molecular flexibility index (Phi) is 9.68. The van der Waals surface area contributed by atoms with Gasteiger partial charge in [0.25, 0.3) is 0 Å². The summed E-state index contributed by atoms with van der Waals surface area (Å²) in [7, 11) is 0. The molecule has 0 aliphatic heterocycles. The summed E-state index contributed by atoms with van der Waals surface area (Å²) < 4.78 is 5.42. The topological polar surface area (TPSA) is 118 Å². The number of aromatic hydroxyl groups is 1. The quantitative estimate of drug-likeness (QED) is 0.175. The van der Waals surface area contributed by atoms with Gasteiger partial charge in [-0.3, -0.25) is 19.2 Å². The molecular weight excluding hydrogens is 652 g/mol. The lowest BCUT2D eigenvalue weighted by molar-refractivity contribution is -0.138. The van der Waals surface area contributed by atoms with Crippen LogP contribution in [0.25, 0.3) is 0 Å². The van der Waals surface area contributed by atoms with E-state index in [-0.39, 0.29) is 29.6 Å². The molecule has 0 radical (unpaired) electrons. The summed E-state index contributed by atoms with van der Waals surface area (Å²) in [5.41, 5.74) is 5.98. The van der Waals surface area contributed by atoms with Crippen LogP contribution in [0, 0.1) is 34.5 Å². The number of hydrogen-bond donors (Lipinski definition) is 2. The molecule has 4 fully saturated rings. The van der Waals surface area contributed by atoms with Crippen LogP contribution in [0.3, 0.4) is 0 Å². The molecule has 3 unspecified atom stereocenters. The van der Waals surface area contributed by atoms with Crippen molar-refractivity contribution in [1.29, 1.82) is 0 Å². The highest BCUT2D eigenvalue weighted by Gasteiger charge is 2.55. The monoisotopic (exact) mass is 702 g/mol. The highest BCUT2D eigenvalue weighted by atomic mass is 35.5. The van der Waals surface area contributed by atoms with Gasteiger partial charge in [-0.15, -0.1) is 11.6 Å². The summed E-state index contributed by atoms with van der Waals surface area (Å²) >= 11 is 5.98. The zero-order chi connectivity index (χ0) is 35.4. The van der Waals surface area contributed by atoms with E-state index in [0.717, 1.165) is 82.6 Å². The number of hydrogen-bond acceptors (Lipinski definition) is 6.